The van der Waals surface area contributed by atoms with Gasteiger partial charge >= 0.3 is 0 Å². The lowest BCUT2D eigenvalue weighted by Crippen LogP contribution is -2.25. The lowest BCUT2D eigenvalue weighted by Gasteiger charge is -2.11. The quantitative estimate of drug-likeness (QED) is 0.876. The summed E-state index contributed by atoms with van der Waals surface area (Å²) in [5.74, 6) is 0. The second-order valence-corrected chi connectivity index (χ2v) is 5.70. The predicted molar refractivity (Wildman–Crippen MR) is 83.8 cm³/mol. The van der Waals surface area contributed by atoms with Crippen molar-refractivity contribution in [2.45, 2.75) is 52.1 Å². The SMILES string of the molecule is CCC(C)n1ccc(CC(N)Cc2ccc(C)cc2)n1. The molecule has 0 fully saturated rings. The Hall–Kier alpha value is -1.61. The van der Waals surface area contributed by atoms with E-state index in [1.165, 1.54) is 11.1 Å². The number of aromatic nitrogens is 2. The van der Waals surface area contributed by atoms with Gasteiger partial charge in [-0.05, 0) is 38.3 Å². The molecule has 2 aromatic rings. The molecule has 0 aliphatic carbocycles. The molecule has 2 rings (SSSR count). The molecule has 2 N–H and O–H groups in total. The van der Waals surface area contributed by atoms with Crippen LogP contribution in [0.15, 0.2) is 36.5 Å². The Kier molecular flexibility index (Phi) is 4.96. The third-order valence-electron chi connectivity index (χ3n) is 3.80. The van der Waals surface area contributed by atoms with E-state index in [1.807, 2.05) is 4.68 Å². The Labute approximate surface area is 121 Å². The summed E-state index contributed by atoms with van der Waals surface area (Å²) in [4.78, 5) is 0. The monoisotopic (exact) mass is 271 g/mol. The van der Waals surface area contributed by atoms with Gasteiger partial charge in [-0.15, -0.1) is 0 Å². The second-order valence-electron chi connectivity index (χ2n) is 5.70. The number of benzene rings is 1. The standard InChI is InChI=1S/C17H25N3/c1-4-14(3)20-10-9-17(19-20)12-16(18)11-15-7-5-13(2)6-8-15/h5-10,14,16H,4,11-12,18H2,1-3H3. The van der Waals surface area contributed by atoms with Crippen molar-refractivity contribution in [2.24, 2.45) is 5.73 Å². The van der Waals surface area contributed by atoms with Crippen molar-refractivity contribution in [3.8, 4) is 0 Å². The van der Waals surface area contributed by atoms with Gasteiger partial charge in [-0.1, -0.05) is 36.8 Å². The van der Waals surface area contributed by atoms with Crippen LogP contribution in [0.5, 0.6) is 0 Å². The molecule has 1 aromatic heterocycles. The maximum absolute atomic E-state index is 6.24. The van der Waals surface area contributed by atoms with Crippen LogP contribution in [0.3, 0.4) is 0 Å². The third kappa shape index (κ3) is 3.94. The molecule has 0 bridgehead atoms. The highest BCUT2D eigenvalue weighted by molar-refractivity contribution is 5.22. The minimum Gasteiger partial charge on any atom is -0.327 e. The lowest BCUT2D eigenvalue weighted by atomic mass is 10.0. The minimum absolute atomic E-state index is 0.123. The molecule has 2 unspecified atom stereocenters. The van der Waals surface area contributed by atoms with Crippen molar-refractivity contribution in [3.63, 3.8) is 0 Å². The summed E-state index contributed by atoms with van der Waals surface area (Å²) in [6, 6.07) is 11.3. The van der Waals surface area contributed by atoms with Gasteiger partial charge in [0.15, 0.2) is 0 Å². The molecule has 2 atom stereocenters. The van der Waals surface area contributed by atoms with Crippen LogP contribution in [0.4, 0.5) is 0 Å². The molecular weight excluding hydrogens is 246 g/mol. The highest BCUT2D eigenvalue weighted by Gasteiger charge is 2.09. The molecule has 0 saturated heterocycles. The molecule has 20 heavy (non-hydrogen) atoms. The van der Waals surface area contributed by atoms with E-state index in [-0.39, 0.29) is 6.04 Å². The first-order valence-electron chi connectivity index (χ1n) is 7.43. The van der Waals surface area contributed by atoms with Crippen LogP contribution in [0.1, 0.15) is 43.1 Å². The first kappa shape index (κ1) is 14.8. The van der Waals surface area contributed by atoms with E-state index < -0.39 is 0 Å². The number of hydrogen-bond donors (Lipinski definition) is 1. The van der Waals surface area contributed by atoms with E-state index in [1.54, 1.807) is 0 Å². The molecule has 3 nitrogen and oxygen atoms in total. The number of nitrogens with zero attached hydrogens (tertiary/aromatic N) is 2. The second kappa shape index (κ2) is 6.71. The number of hydrogen-bond acceptors (Lipinski definition) is 2. The van der Waals surface area contributed by atoms with Crippen LogP contribution in [-0.2, 0) is 12.8 Å². The Morgan fingerprint density at radius 3 is 2.50 bits per heavy atom. The molecular formula is C17H25N3. The third-order valence-corrected chi connectivity index (χ3v) is 3.80. The molecule has 0 aliphatic rings. The molecule has 108 valence electrons. The van der Waals surface area contributed by atoms with Crippen molar-refractivity contribution < 1.29 is 0 Å². The summed E-state index contributed by atoms with van der Waals surface area (Å²) in [6.45, 7) is 6.46. The number of aryl methyl sites for hydroxylation is 1. The lowest BCUT2D eigenvalue weighted by molar-refractivity contribution is 0.471. The van der Waals surface area contributed by atoms with Gasteiger partial charge in [0.25, 0.3) is 0 Å². The predicted octanol–water partition coefficient (Wildman–Crippen LogP) is 3.28. The summed E-state index contributed by atoms with van der Waals surface area (Å²) in [6.07, 6.45) is 4.88. The summed E-state index contributed by atoms with van der Waals surface area (Å²) >= 11 is 0. The summed E-state index contributed by atoms with van der Waals surface area (Å²) in [5, 5.41) is 4.61. The van der Waals surface area contributed by atoms with E-state index in [4.69, 9.17) is 5.73 Å². The molecule has 0 spiro atoms. The van der Waals surface area contributed by atoms with Crippen molar-refractivity contribution in [2.75, 3.05) is 0 Å². The van der Waals surface area contributed by atoms with Gasteiger partial charge < -0.3 is 5.73 Å². The maximum atomic E-state index is 6.24. The summed E-state index contributed by atoms with van der Waals surface area (Å²) < 4.78 is 2.04. The smallest absolute Gasteiger partial charge is 0.0640 e. The van der Waals surface area contributed by atoms with Gasteiger partial charge in [-0.25, -0.2) is 0 Å². The highest BCUT2D eigenvalue weighted by Crippen LogP contribution is 2.12. The number of rotatable bonds is 6. The van der Waals surface area contributed by atoms with Gasteiger partial charge in [0.2, 0.25) is 0 Å². The van der Waals surface area contributed by atoms with Gasteiger partial charge in [-0.3, -0.25) is 4.68 Å². The van der Waals surface area contributed by atoms with E-state index in [0.29, 0.717) is 6.04 Å². The van der Waals surface area contributed by atoms with E-state index >= 15 is 0 Å². The largest absolute Gasteiger partial charge is 0.327 e. The van der Waals surface area contributed by atoms with Gasteiger partial charge in [0.05, 0.1) is 5.69 Å². The van der Waals surface area contributed by atoms with Crippen molar-refractivity contribution in [1.29, 1.82) is 0 Å². The van der Waals surface area contributed by atoms with Crippen LogP contribution < -0.4 is 5.73 Å². The fraction of sp³-hybridized carbons (Fsp3) is 0.471. The van der Waals surface area contributed by atoms with Gasteiger partial charge in [0, 0.05) is 24.7 Å². The minimum atomic E-state index is 0.123. The van der Waals surface area contributed by atoms with Gasteiger partial charge in [-0.2, -0.15) is 5.10 Å². The molecule has 1 heterocycles. The Morgan fingerprint density at radius 1 is 1.15 bits per heavy atom. The van der Waals surface area contributed by atoms with Crippen molar-refractivity contribution in [3.05, 3.63) is 53.3 Å². The first-order valence-corrected chi connectivity index (χ1v) is 7.43. The zero-order valence-corrected chi connectivity index (χ0v) is 12.7. The maximum Gasteiger partial charge on any atom is 0.0640 e. The zero-order valence-electron chi connectivity index (χ0n) is 12.7. The van der Waals surface area contributed by atoms with E-state index in [2.05, 4.69) is 62.4 Å². The average molecular weight is 271 g/mol. The van der Waals surface area contributed by atoms with Crippen LogP contribution in [0.2, 0.25) is 0 Å². The van der Waals surface area contributed by atoms with Crippen LogP contribution >= 0.6 is 0 Å². The fourth-order valence-electron chi connectivity index (χ4n) is 2.29. The highest BCUT2D eigenvalue weighted by atomic mass is 15.3. The van der Waals surface area contributed by atoms with Crippen molar-refractivity contribution >= 4 is 0 Å². The first-order chi connectivity index (χ1) is 9.58. The van der Waals surface area contributed by atoms with Crippen LogP contribution in [0, 0.1) is 6.92 Å². The molecule has 3 heteroatoms. The molecule has 0 saturated carbocycles. The summed E-state index contributed by atoms with van der Waals surface area (Å²) in [7, 11) is 0. The topological polar surface area (TPSA) is 43.8 Å². The fourth-order valence-corrected chi connectivity index (χ4v) is 2.29. The normalized spacial score (nSPS) is 14.2. The molecule has 0 radical (unpaired) electrons. The molecule has 0 aliphatic heterocycles. The average Bonchev–Trinajstić information content (AvgIpc) is 2.89. The van der Waals surface area contributed by atoms with Crippen LogP contribution in [-0.4, -0.2) is 15.8 Å². The Balaban J connectivity index is 1.92. The Bertz CT molecular complexity index is 527. The van der Waals surface area contributed by atoms with Crippen LogP contribution in [0.25, 0.3) is 0 Å². The van der Waals surface area contributed by atoms with Crippen molar-refractivity contribution in [1.82, 2.24) is 9.78 Å². The van der Waals surface area contributed by atoms with E-state index in [9.17, 15) is 0 Å². The molecule has 1 aromatic carbocycles. The van der Waals surface area contributed by atoms with Gasteiger partial charge in [0.1, 0.15) is 0 Å². The zero-order chi connectivity index (χ0) is 14.5. The Morgan fingerprint density at radius 2 is 1.85 bits per heavy atom. The molecule has 0 amide bonds. The number of nitrogens with two attached hydrogens (primary N) is 1. The van der Waals surface area contributed by atoms with E-state index in [0.717, 1.165) is 25.0 Å². The summed E-state index contributed by atoms with van der Waals surface area (Å²) in [5.41, 5.74) is 9.91.